The van der Waals surface area contributed by atoms with E-state index < -0.39 is 23.0 Å². The molecule has 1 atom stereocenters. The largest absolute Gasteiger partial charge is 0.412 e. The monoisotopic (exact) mass is 452 g/mol. The average Bonchev–Trinajstić information content (AvgIpc) is 3.00. The van der Waals surface area contributed by atoms with Gasteiger partial charge in [0.1, 0.15) is 11.8 Å². The molecule has 11 nitrogen and oxygen atoms in total. The van der Waals surface area contributed by atoms with E-state index >= 15 is 0 Å². The van der Waals surface area contributed by atoms with E-state index in [1.807, 2.05) is 0 Å². The van der Waals surface area contributed by atoms with Gasteiger partial charge in [-0.05, 0) is 42.2 Å². The summed E-state index contributed by atoms with van der Waals surface area (Å²) in [6.45, 7) is 0.368. The number of nitrogens with zero attached hydrogens (tertiary/aromatic N) is 2. The zero-order chi connectivity index (χ0) is 23.5. The molecule has 0 spiro atoms. The second kappa shape index (κ2) is 9.07. The highest BCUT2D eigenvalue weighted by atomic mass is 16.6. The van der Waals surface area contributed by atoms with Crippen LogP contribution in [0.4, 0.5) is 10.5 Å². The van der Waals surface area contributed by atoms with Crippen molar-refractivity contribution in [3.05, 3.63) is 69.3 Å². The summed E-state index contributed by atoms with van der Waals surface area (Å²) < 4.78 is 5.10. The fourth-order valence-electron chi connectivity index (χ4n) is 3.88. The van der Waals surface area contributed by atoms with E-state index in [0.717, 1.165) is 11.1 Å². The molecule has 0 bridgehead atoms. The first-order valence-electron chi connectivity index (χ1n) is 10.3. The van der Waals surface area contributed by atoms with Crippen LogP contribution in [-0.2, 0) is 22.7 Å². The number of nitro benzene ring substituents is 1. The highest BCUT2D eigenvalue weighted by Gasteiger charge is 2.37. The van der Waals surface area contributed by atoms with Gasteiger partial charge in [-0.1, -0.05) is 12.1 Å². The van der Waals surface area contributed by atoms with E-state index in [1.54, 1.807) is 18.2 Å². The van der Waals surface area contributed by atoms with Crippen LogP contribution in [0, 0.1) is 10.1 Å². The summed E-state index contributed by atoms with van der Waals surface area (Å²) in [6, 6.07) is 9.54. The molecule has 33 heavy (non-hydrogen) atoms. The van der Waals surface area contributed by atoms with Gasteiger partial charge in [0.15, 0.2) is 0 Å². The number of benzene rings is 2. The minimum Gasteiger partial charge on any atom is -0.410 e. The summed E-state index contributed by atoms with van der Waals surface area (Å²) >= 11 is 0. The summed E-state index contributed by atoms with van der Waals surface area (Å²) in [7, 11) is 0. The first kappa shape index (κ1) is 21.9. The van der Waals surface area contributed by atoms with Gasteiger partial charge < -0.3 is 15.0 Å². The highest BCUT2D eigenvalue weighted by Crippen LogP contribution is 2.28. The van der Waals surface area contributed by atoms with Crippen molar-refractivity contribution in [2.45, 2.75) is 38.4 Å². The first-order valence-corrected chi connectivity index (χ1v) is 10.3. The quantitative estimate of drug-likeness (QED) is 0.401. The first-order chi connectivity index (χ1) is 15.8. The third-order valence-electron chi connectivity index (χ3n) is 5.52. The maximum Gasteiger partial charge on any atom is 0.412 e. The van der Waals surface area contributed by atoms with E-state index in [9.17, 15) is 29.3 Å². The van der Waals surface area contributed by atoms with Crippen LogP contribution in [0.15, 0.2) is 42.5 Å². The van der Waals surface area contributed by atoms with Gasteiger partial charge in [-0.15, -0.1) is 0 Å². The Morgan fingerprint density at radius 3 is 2.67 bits per heavy atom. The third kappa shape index (κ3) is 4.81. The maximum absolute atomic E-state index is 12.8. The average molecular weight is 452 g/mol. The van der Waals surface area contributed by atoms with Gasteiger partial charge in [-0.25, -0.2) is 4.79 Å². The molecule has 1 saturated heterocycles. The number of non-ortho nitro benzene ring substituents is 1. The Bertz CT molecular complexity index is 1150. The molecule has 4 rings (SSSR count). The second-order valence-corrected chi connectivity index (χ2v) is 7.74. The topological polar surface area (TPSA) is 148 Å². The predicted molar refractivity (Wildman–Crippen MR) is 113 cm³/mol. The number of fused-ring (bicyclic) bond motifs is 1. The van der Waals surface area contributed by atoms with E-state index in [4.69, 9.17) is 4.74 Å². The SMILES string of the molecule is O=C1CCC[C@H](N2Cc3cc(CNC(=O)Oc4ccc([N+](=O)[O-])cc4)ccc3C2=O)C(=O)N1. The molecule has 0 unspecified atom stereocenters. The lowest BCUT2D eigenvalue weighted by Gasteiger charge is -2.24. The van der Waals surface area contributed by atoms with E-state index in [2.05, 4.69) is 10.6 Å². The van der Waals surface area contributed by atoms with E-state index in [0.29, 0.717) is 18.4 Å². The van der Waals surface area contributed by atoms with Crippen LogP contribution in [0.5, 0.6) is 5.75 Å². The smallest absolute Gasteiger partial charge is 0.410 e. The Balaban J connectivity index is 1.36. The van der Waals surface area contributed by atoms with Crippen molar-refractivity contribution in [2.24, 2.45) is 0 Å². The molecule has 2 aliphatic rings. The molecular weight excluding hydrogens is 432 g/mol. The standard InChI is InChI=1S/C22H20N4O7/c27-19-3-1-2-18(20(28)24-19)25-12-14-10-13(4-9-17(14)21(25)29)11-23-22(30)33-16-7-5-15(6-8-16)26(31)32/h4-10,18H,1-3,11-12H2,(H,23,30)(H,24,27,28)/t18-/m0/s1. The summed E-state index contributed by atoms with van der Waals surface area (Å²) in [5.41, 5.74) is 1.82. The Labute approximate surface area is 187 Å². The Morgan fingerprint density at radius 2 is 1.94 bits per heavy atom. The number of amides is 4. The lowest BCUT2D eigenvalue weighted by atomic mass is 10.1. The zero-order valence-corrected chi connectivity index (χ0v) is 17.4. The Hall–Kier alpha value is -4.28. The lowest BCUT2D eigenvalue weighted by molar-refractivity contribution is -0.384. The van der Waals surface area contributed by atoms with Crippen molar-refractivity contribution in [2.75, 3.05) is 0 Å². The lowest BCUT2D eigenvalue weighted by Crippen LogP contribution is -2.46. The van der Waals surface area contributed by atoms with Crippen LogP contribution in [-0.4, -0.2) is 39.7 Å². The van der Waals surface area contributed by atoms with Gasteiger partial charge in [0, 0.05) is 37.2 Å². The summed E-state index contributed by atoms with van der Waals surface area (Å²) in [4.78, 5) is 60.4. The van der Waals surface area contributed by atoms with Crippen LogP contribution in [0.25, 0.3) is 0 Å². The number of carbonyl (C=O) groups is 4. The molecule has 0 aromatic heterocycles. The molecule has 11 heteroatoms. The van der Waals surface area contributed by atoms with Gasteiger partial charge in [-0.3, -0.25) is 29.8 Å². The van der Waals surface area contributed by atoms with Crippen molar-refractivity contribution in [3.8, 4) is 5.75 Å². The predicted octanol–water partition coefficient (Wildman–Crippen LogP) is 2.03. The van der Waals surface area contributed by atoms with Crippen molar-refractivity contribution in [1.82, 2.24) is 15.5 Å². The van der Waals surface area contributed by atoms with Crippen molar-refractivity contribution in [3.63, 3.8) is 0 Å². The van der Waals surface area contributed by atoms with Gasteiger partial charge in [-0.2, -0.15) is 0 Å². The number of nitro groups is 1. The number of imide groups is 1. The van der Waals surface area contributed by atoms with Crippen LogP contribution in [0.3, 0.4) is 0 Å². The summed E-state index contributed by atoms with van der Waals surface area (Å²) in [5, 5.41) is 15.6. The van der Waals surface area contributed by atoms with Crippen LogP contribution in [0.2, 0.25) is 0 Å². The minimum absolute atomic E-state index is 0.113. The molecule has 0 saturated carbocycles. The normalized spacial score (nSPS) is 17.8. The van der Waals surface area contributed by atoms with Crippen molar-refractivity contribution in [1.29, 1.82) is 0 Å². The molecule has 1 fully saturated rings. The third-order valence-corrected chi connectivity index (χ3v) is 5.52. The fourth-order valence-corrected chi connectivity index (χ4v) is 3.88. The van der Waals surface area contributed by atoms with Gasteiger partial charge in [0.05, 0.1) is 4.92 Å². The maximum atomic E-state index is 12.8. The molecule has 2 aromatic carbocycles. The zero-order valence-electron chi connectivity index (χ0n) is 17.4. The van der Waals surface area contributed by atoms with Gasteiger partial charge in [0.25, 0.3) is 11.6 Å². The van der Waals surface area contributed by atoms with E-state index in [1.165, 1.54) is 29.2 Å². The van der Waals surface area contributed by atoms with Crippen LogP contribution >= 0.6 is 0 Å². The number of rotatable bonds is 5. The van der Waals surface area contributed by atoms with Crippen molar-refractivity contribution < 1.29 is 28.8 Å². The van der Waals surface area contributed by atoms with Crippen LogP contribution in [0.1, 0.15) is 40.7 Å². The van der Waals surface area contributed by atoms with Gasteiger partial charge >= 0.3 is 6.09 Å². The number of nitrogens with one attached hydrogen (secondary N) is 2. The molecule has 0 aliphatic carbocycles. The minimum atomic E-state index is -0.734. The molecule has 2 aliphatic heterocycles. The molecule has 2 N–H and O–H groups in total. The molecule has 170 valence electrons. The molecule has 2 heterocycles. The fraction of sp³-hybridized carbons (Fsp3) is 0.273. The van der Waals surface area contributed by atoms with E-state index in [-0.39, 0.29) is 42.8 Å². The Kier molecular flexibility index (Phi) is 6.03. The number of carbonyl (C=O) groups excluding carboxylic acids is 4. The van der Waals surface area contributed by atoms with Crippen molar-refractivity contribution >= 4 is 29.5 Å². The molecule has 4 amide bonds. The highest BCUT2D eigenvalue weighted by molar-refractivity contribution is 6.04. The number of hydrogen-bond donors (Lipinski definition) is 2. The van der Waals surface area contributed by atoms with Gasteiger partial charge in [0.2, 0.25) is 11.8 Å². The molecular formula is C22H20N4O7. The molecule has 2 aromatic rings. The summed E-state index contributed by atoms with van der Waals surface area (Å²) in [5.74, 6) is -0.903. The summed E-state index contributed by atoms with van der Waals surface area (Å²) in [6.07, 6.45) is 0.458. The second-order valence-electron chi connectivity index (χ2n) is 7.74. The Morgan fingerprint density at radius 1 is 1.18 bits per heavy atom. The number of ether oxygens (including phenoxy) is 1. The number of hydrogen-bond acceptors (Lipinski definition) is 7. The molecule has 0 radical (unpaired) electrons. The van der Waals surface area contributed by atoms with Crippen LogP contribution < -0.4 is 15.4 Å².